The number of anilines is 2. The van der Waals surface area contributed by atoms with Gasteiger partial charge in [0.1, 0.15) is 0 Å². The fraction of sp³-hybridized carbons (Fsp3) is 0.333. The van der Waals surface area contributed by atoms with Crippen LogP contribution < -0.4 is 9.80 Å². The summed E-state index contributed by atoms with van der Waals surface area (Å²) in [5.74, 6) is -0.423. The van der Waals surface area contributed by atoms with Crippen LogP contribution in [-0.4, -0.2) is 36.1 Å². The van der Waals surface area contributed by atoms with Crippen molar-refractivity contribution in [3.63, 3.8) is 0 Å². The topological polar surface area (TPSA) is 32.3 Å². The van der Waals surface area contributed by atoms with Crippen LogP contribution in [0.15, 0.2) is 36.5 Å². The van der Waals surface area contributed by atoms with Crippen molar-refractivity contribution in [1.82, 2.24) is 9.97 Å². The number of pyridine rings is 1. The maximum absolute atomic E-state index is 13.3. The zero-order chi connectivity index (χ0) is 16.5. The molecule has 0 unspecified atom stereocenters. The molecule has 1 saturated heterocycles. The first-order chi connectivity index (χ1) is 11.7. The van der Waals surface area contributed by atoms with Crippen molar-refractivity contribution in [3.05, 3.63) is 48.0 Å². The smallest absolute Gasteiger partial charge is 0.214 e. The van der Waals surface area contributed by atoms with Gasteiger partial charge < -0.3 is 9.80 Å². The van der Waals surface area contributed by atoms with Crippen LogP contribution in [0.2, 0.25) is 0 Å². The Morgan fingerprint density at radius 3 is 2.67 bits per heavy atom. The Hall–Kier alpha value is -2.21. The molecule has 4 nitrogen and oxygen atoms in total. The highest BCUT2D eigenvalue weighted by atomic mass is 32.1. The van der Waals surface area contributed by atoms with E-state index in [1.807, 2.05) is 6.07 Å². The Balaban J connectivity index is 1.52. The molecular weight excluding hydrogens is 323 g/mol. The maximum Gasteiger partial charge on any atom is 0.214 e. The van der Waals surface area contributed by atoms with Crippen LogP contribution in [0.25, 0.3) is 10.2 Å². The highest BCUT2D eigenvalue weighted by molar-refractivity contribution is 7.22. The molecule has 124 valence electrons. The minimum Gasteiger partial charge on any atom is -0.368 e. The number of hydrogen-bond donors (Lipinski definition) is 0. The van der Waals surface area contributed by atoms with Gasteiger partial charge in [-0.2, -0.15) is 4.39 Å². The minimum atomic E-state index is -0.423. The van der Waals surface area contributed by atoms with Gasteiger partial charge >= 0.3 is 0 Å². The lowest BCUT2D eigenvalue weighted by Gasteiger charge is -2.35. The van der Waals surface area contributed by atoms with Crippen LogP contribution in [-0.2, 0) is 6.42 Å². The van der Waals surface area contributed by atoms with E-state index in [9.17, 15) is 4.39 Å². The van der Waals surface area contributed by atoms with Gasteiger partial charge in [-0.3, -0.25) is 0 Å². The van der Waals surface area contributed by atoms with Crippen molar-refractivity contribution in [2.75, 3.05) is 36.0 Å². The first-order valence-corrected chi connectivity index (χ1v) is 9.06. The first-order valence-electron chi connectivity index (χ1n) is 8.24. The average Bonchev–Trinajstić information content (AvgIpc) is 3.06. The number of piperazine rings is 1. The van der Waals surface area contributed by atoms with Crippen molar-refractivity contribution in [2.24, 2.45) is 0 Å². The molecule has 0 spiro atoms. The molecule has 2 aromatic heterocycles. The minimum absolute atomic E-state index is 0.423. The number of halogens is 1. The Morgan fingerprint density at radius 2 is 1.92 bits per heavy atom. The van der Waals surface area contributed by atoms with Crippen LogP contribution in [0.3, 0.4) is 0 Å². The van der Waals surface area contributed by atoms with Gasteiger partial charge in [0, 0.05) is 44.1 Å². The number of aromatic nitrogens is 2. The Morgan fingerprint density at radius 1 is 1.12 bits per heavy atom. The molecule has 0 amide bonds. The van der Waals surface area contributed by atoms with Gasteiger partial charge in [0.15, 0.2) is 5.13 Å². The van der Waals surface area contributed by atoms with Crippen LogP contribution in [0.5, 0.6) is 0 Å². The van der Waals surface area contributed by atoms with Gasteiger partial charge in [0.05, 0.1) is 10.2 Å². The first kappa shape index (κ1) is 15.3. The number of nitrogens with zero attached hydrogens (tertiary/aromatic N) is 4. The number of hydrogen-bond acceptors (Lipinski definition) is 5. The number of fused-ring (bicyclic) bond motifs is 1. The summed E-state index contributed by atoms with van der Waals surface area (Å²) in [5, 5.41) is 1.09. The molecular formula is C18H19FN4S. The summed E-state index contributed by atoms with van der Waals surface area (Å²) in [4.78, 5) is 13.0. The van der Waals surface area contributed by atoms with E-state index in [1.165, 1.54) is 22.5 Å². The van der Waals surface area contributed by atoms with Gasteiger partial charge in [-0.1, -0.05) is 30.4 Å². The Kier molecular flexibility index (Phi) is 4.06. The summed E-state index contributed by atoms with van der Waals surface area (Å²) >= 11 is 1.76. The van der Waals surface area contributed by atoms with E-state index in [2.05, 4.69) is 39.9 Å². The van der Waals surface area contributed by atoms with Crippen LogP contribution in [0.1, 0.15) is 12.5 Å². The third kappa shape index (κ3) is 2.82. The molecule has 3 heterocycles. The van der Waals surface area contributed by atoms with Crippen molar-refractivity contribution in [2.45, 2.75) is 13.3 Å². The van der Waals surface area contributed by atoms with E-state index in [-0.39, 0.29) is 0 Å². The molecule has 0 saturated carbocycles. The summed E-state index contributed by atoms with van der Waals surface area (Å²) in [6.45, 7) is 5.68. The molecule has 0 bridgehead atoms. The molecule has 24 heavy (non-hydrogen) atoms. The van der Waals surface area contributed by atoms with Crippen molar-refractivity contribution in [3.8, 4) is 0 Å². The fourth-order valence-electron chi connectivity index (χ4n) is 3.16. The molecule has 0 aliphatic carbocycles. The van der Waals surface area contributed by atoms with Gasteiger partial charge in [0.2, 0.25) is 5.95 Å². The molecule has 0 radical (unpaired) electrons. The van der Waals surface area contributed by atoms with Gasteiger partial charge in [-0.05, 0) is 24.1 Å². The summed E-state index contributed by atoms with van der Waals surface area (Å²) in [6.07, 6.45) is 2.53. The van der Waals surface area contributed by atoms with Crippen molar-refractivity contribution in [1.29, 1.82) is 0 Å². The van der Waals surface area contributed by atoms with Crippen molar-refractivity contribution < 1.29 is 4.39 Å². The molecule has 4 rings (SSSR count). The van der Waals surface area contributed by atoms with Crippen LogP contribution in [0, 0.1) is 5.95 Å². The lowest BCUT2D eigenvalue weighted by atomic mass is 10.1. The second kappa shape index (κ2) is 6.36. The van der Waals surface area contributed by atoms with Gasteiger partial charge in [-0.25, -0.2) is 9.97 Å². The maximum atomic E-state index is 13.3. The summed E-state index contributed by atoms with van der Waals surface area (Å²) in [5.41, 5.74) is 3.35. The van der Waals surface area contributed by atoms with Gasteiger partial charge in [-0.15, -0.1) is 0 Å². The van der Waals surface area contributed by atoms with Crippen LogP contribution in [0.4, 0.5) is 15.2 Å². The number of para-hydroxylation sites is 1. The largest absolute Gasteiger partial charge is 0.368 e. The summed E-state index contributed by atoms with van der Waals surface area (Å²) in [6, 6.07) is 9.78. The predicted octanol–water partition coefficient (Wildman–Crippen LogP) is 3.72. The normalized spacial score (nSPS) is 15.2. The SMILES string of the molecule is CCc1cccc2sc(N3CCN(c4ccnc(F)c4)CC3)nc12. The fourth-order valence-corrected chi connectivity index (χ4v) is 4.22. The lowest BCUT2D eigenvalue weighted by Crippen LogP contribution is -2.46. The molecule has 1 aliphatic rings. The Bertz CT molecular complexity index is 855. The number of thiazole rings is 1. The molecule has 1 aliphatic heterocycles. The number of benzene rings is 1. The molecule has 0 atom stereocenters. The number of rotatable bonds is 3. The predicted molar refractivity (Wildman–Crippen MR) is 97.6 cm³/mol. The van der Waals surface area contributed by atoms with Gasteiger partial charge in [0.25, 0.3) is 0 Å². The van der Waals surface area contributed by atoms with E-state index >= 15 is 0 Å². The standard InChI is InChI=1S/C18H19FN4S/c1-2-13-4-3-5-15-17(13)21-18(24-15)23-10-8-22(9-11-23)14-6-7-20-16(19)12-14/h3-7,12H,2,8-11H2,1H3. The van der Waals surface area contributed by atoms with Crippen molar-refractivity contribution >= 4 is 32.4 Å². The zero-order valence-corrected chi connectivity index (χ0v) is 14.4. The molecule has 0 N–H and O–H groups in total. The lowest BCUT2D eigenvalue weighted by molar-refractivity contribution is 0.580. The zero-order valence-electron chi connectivity index (χ0n) is 13.6. The third-order valence-corrected chi connectivity index (χ3v) is 5.58. The monoisotopic (exact) mass is 342 g/mol. The van der Waals surface area contributed by atoms with E-state index in [0.717, 1.165) is 48.9 Å². The van der Waals surface area contributed by atoms with E-state index in [0.29, 0.717) is 0 Å². The molecule has 1 fully saturated rings. The second-order valence-corrected chi connectivity index (χ2v) is 6.93. The van der Waals surface area contributed by atoms with E-state index < -0.39 is 5.95 Å². The summed E-state index contributed by atoms with van der Waals surface area (Å²) < 4.78 is 14.5. The molecule has 6 heteroatoms. The molecule has 3 aromatic rings. The Labute approximate surface area is 144 Å². The second-order valence-electron chi connectivity index (χ2n) is 5.92. The van der Waals surface area contributed by atoms with E-state index in [4.69, 9.17) is 4.98 Å². The van der Waals surface area contributed by atoms with Crippen LogP contribution >= 0.6 is 11.3 Å². The quantitative estimate of drug-likeness (QED) is 0.679. The number of aryl methyl sites for hydroxylation is 1. The molecule has 1 aromatic carbocycles. The third-order valence-electron chi connectivity index (χ3n) is 4.50. The van der Waals surface area contributed by atoms with E-state index in [1.54, 1.807) is 11.3 Å². The highest BCUT2D eigenvalue weighted by Gasteiger charge is 2.20. The average molecular weight is 342 g/mol. The summed E-state index contributed by atoms with van der Waals surface area (Å²) in [7, 11) is 0. The highest BCUT2D eigenvalue weighted by Crippen LogP contribution is 2.31.